The molecule has 0 atom stereocenters. The molecule has 3 nitrogen and oxygen atoms in total. The Morgan fingerprint density at radius 2 is 2.06 bits per heavy atom. The van der Waals surface area contributed by atoms with Gasteiger partial charge >= 0.3 is 0 Å². The largest absolute Gasteiger partial charge is 0.508 e. The van der Waals surface area contributed by atoms with Crippen LogP contribution in [0, 0.1) is 0 Å². The van der Waals surface area contributed by atoms with Crippen LogP contribution in [-0.2, 0) is 4.74 Å². The number of methoxy groups -OCH3 is 1. The first-order valence-corrected chi connectivity index (χ1v) is 5.44. The van der Waals surface area contributed by atoms with Crippen molar-refractivity contribution in [2.24, 2.45) is 4.99 Å². The number of nitrogens with zero attached hydrogens (tertiary/aromatic N) is 1. The van der Waals surface area contributed by atoms with Gasteiger partial charge in [-0.15, -0.1) is 0 Å². The smallest absolute Gasteiger partial charge is 0.117 e. The normalized spacial score (nSPS) is 11.8. The predicted molar refractivity (Wildman–Crippen MR) is 68.9 cm³/mol. The highest BCUT2D eigenvalue weighted by atomic mass is 16.5. The number of hydrogen-bond donors (Lipinski definition) is 1. The highest BCUT2D eigenvalue weighted by Gasteiger charge is 1.98. The van der Waals surface area contributed by atoms with Crippen molar-refractivity contribution in [3.05, 3.63) is 36.3 Å². The lowest BCUT2D eigenvalue weighted by Gasteiger charge is -2.01. The van der Waals surface area contributed by atoms with Gasteiger partial charge in [0.2, 0.25) is 0 Å². The van der Waals surface area contributed by atoms with E-state index in [1.54, 1.807) is 12.3 Å². The monoisotopic (exact) mass is 223 g/mol. The summed E-state index contributed by atoms with van der Waals surface area (Å²) in [6.45, 7) is 10.0. The zero-order valence-electron chi connectivity index (χ0n) is 10.2. The van der Waals surface area contributed by atoms with Crippen LogP contribution < -0.4 is 0 Å². The van der Waals surface area contributed by atoms with Crippen LogP contribution in [0.2, 0.25) is 0 Å². The molecule has 0 aliphatic carbocycles. The van der Waals surface area contributed by atoms with Crippen LogP contribution in [0.25, 0.3) is 0 Å². The maximum Gasteiger partial charge on any atom is 0.117 e. The number of aliphatic hydroxyl groups is 1. The zero-order valence-corrected chi connectivity index (χ0v) is 10.2. The number of aliphatic imine (C=N–C) groups is 1. The van der Waals surface area contributed by atoms with E-state index < -0.39 is 0 Å². The molecule has 0 fully saturated rings. The molecular formula is C13H21NO2. The molecule has 0 amide bonds. The van der Waals surface area contributed by atoms with E-state index in [0.29, 0.717) is 11.3 Å². The summed E-state index contributed by atoms with van der Waals surface area (Å²) in [5.74, 6) is 0.433. The molecule has 0 aromatic carbocycles. The van der Waals surface area contributed by atoms with Gasteiger partial charge in [0.25, 0.3) is 0 Å². The average Bonchev–Trinajstić information content (AvgIpc) is 2.26. The number of allylic oxidation sites excluding steroid dienone is 2. The van der Waals surface area contributed by atoms with E-state index in [1.807, 2.05) is 0 Å². The van der Waals surface area contributed by atoms with Crippen LogP contribution in [0.3, 0.4) is 0 Å². The Morgan fingerprint density at radius 3 is 2.56 bits per heavy atom. The second-order valence-electron chi connectivity index (χ2n) is 3.46. The van der Waals surface area contributed by atoms with Gasteiger partial charge in [0, 0.05) is 18.3 Å². The number of aliphatic hydroxyl groups excluding tert-OH is 1. The lowest BCUT2D eigenvalue weighted by atomic mass is 10.2. The lowest BCUT2D eigenvalue weighted by Crippen LogP contribution is -1.93. The quantitative estimate of drug-likeness (QED) is 0.296. The molecule has 1 N–H and O–H groups in total. The lowest BCUT2D eigenvalue weighted by molar-refractivity contribution is 0.308. The van der Waals surface area contributed by atoms with Crippen LogP contribution >= 0.6 is 0 Å². The predicted octanol–water partition coefficient (Wildman–Crippen LogP) is 3.41. The Balaban J connectivity index is 4.29. The minimum atomic E-state index is -0.0301. The molecule has 0 aliphatic heterocycles. The van der Waals surface area contributed by atoms with Crippen LogP contribution in [0.15, 0.2) is 41.3 Å². The van der Waals surface area contributed by atoms with E-state index >= 15 is 0 Å². The Bertz CT molecular complexity index is 290. The van der Waals surface area contributed by atoms with Gasteiger partial charge in [-0.2, -0.15) is 0 Å². The van der Waals surface area contributed by atoms with E-state index in [9.17, 15) is 5.11 Å². The summed E-state index contributed by atoms with van der Waals surface area (Å²) >= 11 is 0. The van der Waals surface area contributed by atoms with Crippen molar-refractivity contribution in [1.82, 2.24) is 0 Å². The Morgan fingerprint density at radius 1 is 1.38 bits per heavy atom. The molecule has 0 rings (SSSR count). The third-order valence-corrected chi connectivity index (χ3v) is 2.03. The van der Waals surface area contributed by atoms with Gasteiger partial charge in [0.1, 0.15) is 11.5 Å². The molecule has 3 heteroatoms. The highest BCUT2D eigenvalue weighted by molar-refractivity contribution is 5.83. The number of ether oxygens (including phenoxy) is 1. The summed E-state index contributed by atoms with van der Waals surface area (Å²) in [5.41, 5.74) is 0.531. The summed E-state index contributed by atoms with van der Waals surface area (Å²) < 4.78 is 4.89. The Hall–Kier alpha value is -1.51. The fraction of sp³-hybridized carbons (Fsp3) is 0.462. The van der Waals surface area contributed by atoms with E-state index in [4.69, 9.17) is 4.74 Å². The van der Waals surface area contributed by atoms with Crippen LogP contribution in [0.4, 0.5) is 0 Å². The van der Waals surface area contributed by atoms with Crippen molar-refractivity contribution in [3.8, 4) is 0 Å². The summed E-state index contributed by atoms with van der Waals surface area (Å²) in [5, 5.41) is 9.31. The van der Waals surface area contributed by atoms with Gasteiger partial charge < -0.3 is 9.84 Å². The fourth-order valence-corrected chi connectivity index (χ4v) is 1.04. The second kappa shape index (κ2) is 8.77. The molecule has 16 heavy (non-hydrogen) atoms. The number of unbranched alkanes of at least 4 members (excludes halogenated alkanes) is 2. The number of hydrogen-bond acceptors (Lipinski definition) is 3. The first-order chi connectivity index (χ1) is 7.61. The molecule has 0 radical (unpaired) electrons. The van der Waals surface area contributed by atoms with Crippen LogP contribution in [0.5, 0.6) is 0 Å². The van der Waals surface area contributed by atoms with Crippen molar-refractivity contribution in [1.29, 1.82) is 0 Å². The maximum absolute atomic E-state index is 9.31. The molecule has 0 aromatic rings. The Labute approximate surface area is 97.9 Å². The summed E-state index contributed by atoms with van der Waals surface area (Å²) in [4.78, 5) is 4.21. The maximum atomic E-state index is 9.31. The van der Waals surface area contributed by atoms with Gasteiger partial charge in [-0.3, -0.25) is 4.99 Å². The van der Waals surface area contributed by atoms with Crippen molar-refractivity contribution < 1.29 is 9.84 Å². The van der Waals surface area contributed by atoms with Crippen LogP contribution in [-0.4, -0.2) is 25.0 Å². The van der Waals surface area contributed by atoms with E-state index in [0.717, 1.165) is 13.0 Å². The first-order valence-electron chi connectivity index (χ1n) is 5.44. The molecule has 0 aromatic heterocycles. The van der Waals surface area contributed by atoms with E-state index in [2.05, 4.69) is 25.1 Å². The van der Waals surface area contributed by atoms with Gasteiger partial charge in [0.15, 0.2) is 0 Å². The van der Waals surface area contributed by atoms with Crippen molar-refractivity contribution in [2.45, 2.75) is 26.2 Å². The fourth-order valence-electron chi connectivity index (χ4n) is 1.04. The third-order valence-electron chi connectivity index (χ3n) is 2.03. The van der Waals surface area contributed by atoms with Gasteiger partial charge in [-0.25, -0.2) is 0 Å². The molecule has 0 bridgehead atoms. The summed E-state index contributed by atoms with van der Waals surface area (Å²) in [6.07, 6.45) is 6.60. The molecule has 90 valence electrons. The minimum absolute atomic E-state index is 0.0301. The molecule has 0 unspecified atom stereocenters. The average molecular weight is 223 g/mol. The topological polar surface area (TPSA) is 41.8 Å². The van der Waals surface area contributed by atoms with Gasteiger partial charge in [-0.05, 0) is 12.5 Å². The standard InChI is InChI=1S/C13H21NO2/c1-5-6-7-8-14-10-13(12(3)15)9-11(2)16-4/h9-10,15H,2-3,5-8H2,1,4H3/b13-9-,14-10?. The second-order valence-corrected chi connectivity index (χ2v) is 3.46. The van der Waals surface area contributed by atoms with E-state index in [1.165, 1.54) is 20.0 Å². The molecule has 0 saturated heterocycles. The summed E-state index contributed by atoms with van der Waals surface area (Å²) in [6, 6.07) is 0. The molecule has 0 heterocycles. The minimum Gasteiger partial charge on any atom is -0.508 e. The summed E-state index contributed by atoms with van der Waals surface area (Å²) in [7, 11) is 1.52. The first kappa shape index (κ1) is 14.5. The molecular weight excluding hydrogens is 202 g/mol. The van der Waals surface area contributed by atoms with Crippen molar-refractivity contribution in [3.63, 3.8) is 0 Å². The molecule has 0 saturated carbocycles. The van der Waals surface area contributed by atoms with Gasteiger partial charge in [-0.1, -0.05) is 32.9 Å². The van der Waals surface area contributed by atoms with E-state index in [-0.39, 0.29) is 5.76 Å². The molecule has 0 spiro atoms. The Kier molecular flexibility index (Phi) is 7.94. The number of rotatable bonds is 8. The van der Waals surface area contributed by atoms with Gasteiger partial charge in [0.05, 0.1) is 7.11 Å². The third kappa shape index (κ3) is 6.87. The van der Waals surface area contributed by atoms with Crippen molar-refractivity contribution in [2.75, 3.05) is 13.7 Å². The highest BCUT2D eigenvalue weighted by Crippen LogP contribution is 2.06. The SMILES string of the molecule is C=C(/C=C(/C=NCCCCC)C(=C)O)OC. The van der Waals surface area contributed by atoms with Crippen molar-refractivity contribution >= 4 is 6.21 Å². The molecule has 0 aliphatic rings. The zero-order chi connectivity index (χ0) is 12.4. The van der Waals surface area contributed by atoms with Crippen LogP contribution in [0.1, 0.15) is 26.2 Å².